The normalized spacial score (nSPS) is 13.7. The molecule has 10 nitrogen and oxygen atoms in total. The van der Waals surface area contributed by atoms with Crippen molar-refractivity contribution in [1.29, 1.82) is 0 Å². The number of hydrogen-bond donors (Lipinski definition) is 1. The average molecular weight is 609 g/mol. The molecule has 2 aromatic heterocycles. The van der Waals surface area contributed by atoms with Gasteiger partial charge in [-0.05, 0) is 35.2 Å². The Labute approximate surface area is 221 Å². The van der Waals surface area contributed by atoms with E-state index >= 15 is 0 Å². The number of carboxylic acid groups (broad SMARTS) is 1. The SMILES string of the molecule is CCC(CC)Oc1ccc2n(n1)c(N)n[n+]2CC(=O)c1cc(OC)cc(S(F)(F)(F)(F)F)c1.O=C([O-])C(F)(F)F. The first-order valence-electron chi connectivity index (χ1n) is 11.1. The van der Waals surface area contributed by atoms with E-state index in [1.807, 2.05) is 13.8 Å². The molecule has 40 heavy (non-hydrogen) atoms. The first-order valence-corrected chi connectivity index (χ1v) is 13.0. The van der Waals surface area contributed by atoms with E-state index in [1.54, 1.807) is 0 Å². The van der Waals surface area contributed by atoms with Gasteiger partial charge in [-0.2, -0.15) is 13.2 Å². The van der Waals surface area contributed by atoms with Gasteiger partial charge in [-0.3, -0.25) is 4.79 Å². The topological polar surface area (TPSA) is 136 Å². The number of fused-ring (bicyclic) bond motifs is 1. The minimum atomic E-state index is -10.0. The molecule has 3 rings (SSSR count). The predicted molar refractivity (Wildman–Crippen MR) is 122 cm³/mol. The molecule has 0 fully saturated rings. The Bertz CT molecular complexity index is 1410. The summed E-state index contributed by atoms with van der Waals surface area (Å²) in [6, 6.07) is 4.26. The molecule has 0 radical (unpaired) electrons. The number of nitrogens with two attached hydrogens (primary N) is 1. The van der Waals surface area contributed by atoms with Crippen LogP contribution in [-0.2, 0) is 11.3 Å². The van der Waals surface area contributed by atoms with E-state index in [-0.39, 0.29) is 35.7 Å². The third kappa shape index (κ3) is 8.30. The first-order chi connectivity index (χ1) is 18.1. The van der Waals surface area contributed by atoms with Gasteiger partial charge in [0.2, 0.25) is 5.78 Å². The Kier molecular flexibility index (Phi) is 8.55. The van der Waals surface area contributed by atoms with E-state index in [9.17, 15) is 37.4 Å². The summed E-state index contributed by atoms with van der Waals surface area (Å²) >= 11 is 0. The summed E-state index contributed by atoms with van der Waals surface area (Å²) in [6.45, 7) is 3.33. The molecule has 3 aromatic rings. The summed E-state index contributed by atoms with van der Waals surface area (Å²) in [7, 11) is -9.04. The van der Waals surface area contributed by atoms with Crippen LogP contribution in [0.5, 0.6) is 11.6 Å². The maximum absolute atomic E-state index is 13.3. The molecule has 0 bridgehead atoms. The molecule has 1 aromatic carbocycles. The van der Waals surface area contributed by atoms with Crippen LogP contribution in [0.25, 0.3) is 5.65 Å². The third-order valence-electron chi connectivity index (χ3n) is 5.10. The van der Waals surface area contributed by atoms with Crippen molar-refractivity contribution in [2.45, 2.75) is 50.4 Å². The molecule has 0 atom stereocenters. The number of benzene rings is 1. The van der Waals surface area contributed by atoms with Gasteiger partial charge in [0.25, 0.3) is 5.88 Å². The highest BCUT2D eigenvalue weighted by Crippen LogP contribution is 3.02. The van der Waals surface area contributed by atoms with E-state index in [4.69, 9.17) is 20.4 Å². The van der Waals surface area contributed by atoms with Gasteiger partial charge in [-0.1, -0.05) is 37.8 Å². The Hall–Kier alpha value is -3.90. The Morgan fingerprint density at radius 2 is 1.68 bits per heavy atom. The lowest BCUT2D eigenvalue weighted by Gasteiger charge is -2.40. The number of ether oxygens (including phenoxy) is 2. The fraction of sp³-hybridized carbons (Fsp3) is 0.381. The number of aromatic nitrogens is 4. The van der Waals surface area contributed by atoms with Gasteiger partial charge in [0.1, 0.15) is 22.7 Å². The van der Waals surface area contributed by atoms with Crippen LogP contribution in [0.1, 0.15) is 37.0 Å². The number of nitrogens with zero attached hydrogens (tertiary/aromatic N) is 4. The largest absolute Gasteiger partial charge is 0.542 e. The van der Waals surface area contributed by atoms with Gasteiger partial charge in [-0.15, -0.1) is 4.68 Å². The van der Waals surface area contributed by atoms with E-state index in [0.717, 1.165) is 30.7 Å². The van der Waals surface area contributed by atoms with Gasteiger partial charge in [0, 0.05) is 23.8 Å². The van der Waals surface area contributed by atoms with E-state index in [0.29, 0.717) is 0 Å². The second kappa shape index (κ2) is 10.6. The monoisotopic (exact) mass is 609 g/mol. The van der Waals surface area contributed by atoms with Crippen molar-refractivity contribution >= 4 is 33.6 Å². The summed E-state index contributed by atoms with van der Waals surface area (Å²) in [5.74, 6) is -4.29. The standard InChI is InChI=1S/C19H23F5N5O3S.C2HF3O2/c1-4-13(5-2)32-17-6-7-18-28(27-19(25)29(18)26-17)11-16(30)12-8-14(31-3)10-15(9-12)33(20,21,22,23)24;3-2(4,5)1(6)7/h6-10,13H,4-5,11H2,1-3H3,(H2,25,27);(H,6,7)/q+1;/p-1. The highest BCUT2D eigenvalue weighted by molar-refractivity contribution is 8.45. The number of carboxylic acids is 1. The fourth-order valence-corrected chi connectivity index (χ4v) is 3.78. The third-order valence-corrected chi connectivity index (χ3v) is 6.23. The van der Waals surface area contributed by atoms with Gasteiger partial charge in [-0.25, -0.2) is 0 Å². The molecular formula is C21H23F8N5O5S. The molecule has 19 heteroatoms. The van der Waals surface area contributed by atoms with E-state index in [2.05, 4.69) is 14.9 Å². The summed E-state index contributed by atoms with van der Waals surface area (Å²) in [6.07, 6.45) is -3.75. The molecular weight excluding hydrogens is 586 g/mol. The second-order valence-electron chi connectivity index (χ2n) is 8.09. The van der Waals surface area contributed by atoms with Gasteiger partial charge in [0.15, 0.2) is 6.54 Å². The molecule has 0 aliphatic rings. The van der Waals surface area contributed by atoms with Crippen molar-refractivity contribution in [2.24, 2.45) is 0 Å². The van der Waals surface area contributed by atoms with Crippen molar-refractivity contribution < 1.29 is 61.5 Å². The lowest BCUT2D eigenvalue weighted by molar-refractivity contribution is -0.714. The number of rotatable bonds is 9. The van der Waals surface area contributed by atoms with Crippen molar-refractivity contribution in [3.63, 3.8) is 0 Å². The molecule has 0 aliphatic heterocycles. The molecule has 0 unspecified atom stereocenters. The van der Waals surface area contributed by atoms with Crippen molar-refractivity contribution in [3.8, 4) is 11.6 Å². The number of ketones is 1. The number of hydrogen-bond acceptors (Lipinski definition) is 8. The maximum atomic E-state index is 13.3. The van der Waals surface area contributed by atoms with Crippen molar-refractivity contribution in [3.05, 3.63) is 35.9 Å². The quantitative estimate of drug-likeness (QED) is 0.218. The van der Waals surface area contributed by atoms with Gasteiger partial charge >= 0.3 is 28.0 Å². The van der Waals surface area contributed by atoms with Gasteiger partial charge < -0.3 is 25.1 Å². The maximum Gasteiger partial charge on any atom is 0.430 e. The molecule has 0 saturated carbocycles. The smallest absolute Gasteiger partial charge is 0.430 e. The second-order valence-corrected chi connectivity index (χ2v) is 10.5. The minimum Gasteiger partial charge on any atom is -0.542 e. The van der Waals surface area contributed by atoms with Crippen LogP contribution in [0.15, 0.2) is 35.2 Å². The first kappa shape index (κ1) is 32.3. The number of alkyl halides is 3. The number of carbonyl (C=O) groups excluding carboxylic acids is 2. The van der Waals surface area contributed by atoms with Crippen molar-refractivity contribution in [2.75, 3.05) is 12.8 Å². The summed E-state index contributed by atoms with van der Waals surface area (Å²) in [5, 5.41) is 17.0. The fourth-order valence-electron chi connectivity index (χ4n) is 3.09. The predicted octanol–water partition coefficient (Wildman–Crippen LogP) is 4.01. The number of anilines is 1. The van der Waals surface area contributed by atoms with Crippen LogP contribution in [0.3, 0.4) is 0 Å². The number of carbonyl (C=O) groups is 2. The number of halogens is 8. The molecule has 0 aliphatic carbocycles. The lowest BCUT2D eigenvalue weighted by atomic mass is 10.1. The van der Waals surface area contributed by atoms with E-state index < -0.39 is 50.9 Å². The average Bonchev–Trinajstić information content (AvgIpc) is 3.14. The Morgan fingerprint density at radius 3 is 2.15 bits per heavy atom. The number of Topliss-reactive ketones (excluding diaryl/α,β-unsaturated/α-hetero) is 1. The number of nitrogen functional groups attached to an aromatic ring is 1. The molecule has 2 N–H and O–H groups in total. The highest BCUT2D eigenvalue weighted by Gasteiger charge is 2.65. The van der Waals surface area contributed by atoms with Crippen molar-refractivity contribution in [1.82, 2.24) is 14.7 Å². The van der Waals surface area contributed by atoms with Crippen LogP contribution in [0.2, 0.25) is 0 Å². The molecule has 2 heterocycles. The molecule has 0 saturated heterocycles. The Morgan fingerprint density at radius 1 is 1.10 bits per heavy atom. The zero-order valence-electron chi connectivity index (χ0n) is 20.9. The zero-order valence-corrected chi connectivity index (χ0v) is 21.7. The van der Waals surface area contributed by atoms with E-state index in [1.165, 1.54) is 16.6 Å². The van der Waals surface area contributed by atoms with Crippen LogP contribution < -0.4 is 25.0 Å². The minimum absolute atomic E-state index is 0.0649. The summed E-state index contributed by atoms with van der Waals surface area (Å²) < 4.78 is 111. The van der Waals surface area contributed by atoms with Gasteiger partial charge in [0.05, 0.1) is 7.11 Å². The highest BCUT2D eigenvalue weighted by atomic mass is 32.5. The lowest BCUT2D eigenvalue weighted by Crippen LogP contribution is -2.40. The van der Waals surface area contributed by atoms with Crippen LogP contribution in [-0.4, -0.2) is 45.9 Å². The zero-order chi connectivity index (χ0) is 30.7. The van der Waals surface area contributed by atoms with Crippen LogP contribution >= 0.6 is 10.2 Å². The summed E-state index contributed by atoms with van der Waals surface area (Å²) in [4.78, 5) is 19.3. The molecule has 0 amide bonds. The molecule has 0 spiro atoms. The molecule has 224 valence electrons. The Balaban J connectivity index is 0.000000708. The number of aliphatic carboxylic acids is 1. The van der Waals surface area contributed by atoms with Crippen LogP contribution in [0.4, 0.5) is 38.5 Å². The number of methoxy groups -OCH3 is 1. The van der Waals surface area contributed by atoms with Crippen LogP contribution in [0, 0.1) is 0 Å². The summed E-state index contributed by atoms with van der Waals surface area (Å²) in [5.41, 5.74) is 5.48.